The fraction of sp³-hybridized carbons (Fsp3) is 0.250. The molecule has 1 aliphatic heterocycles. The van der Waals surface area contributed by atoms with Crippen LogP contribution < -0.4 is 5.56 Å². The lowest BCUT2D eigenvalue weighted by atomic mass is 10.0. The molecule has 2 N–H and O–H groups in total. The Hall–Kier alpha value is -3.39. The molecule has 32 heavy (non-hydrogen) atoms. The molecule has 0 aliphatic carbocycles. The molecular weight excluding hydrogens is 417 g/mol. The van der Waals surface area contributed by atoms with E-state index in [0.29, 0.717) is 42.2 Å². The van der Waals surface area contributed by atoms with Crippen molar-refractivity contribution >= 4 is 10.9 Å². The van der Waals surface area contributed by atoms with Crippen molar-refractivity contribution in [2.24, 2.45) is 0 Å². The number of fused-ring (bicyclic) bond motifs is 2. The number of alkyl halides is 3. The zero-order valence-electron chi connectivity index (χ0n) is 17.4. The first-order valence-corrected chi connectivity index (χ1v) is 10.4. The van der Waals surface area contributed by atoms with Crippen LogP contribution in [0.4, 0.5) is 13.2 Å². The molecule has 0 fully saturated rings. The van der Waals surface area contributed by atoms with Gasteiger partial charge in [-0.15, -0.1) is 0 Å². The number of hydrogen-bond donors (Lipinski definition) is 2. The van der Waals surface area contributed by atoms with Gasteiger partial charge in [0.15, 0.2) is 0 Å². The molecule has 2 aromatic heterocycles. The van der Waals surface area contributed by atoms with Crippen LogP contribution in [-0.2, 0) is 25.7 Å². The molecule has 0 spiro atoms. The summed E-state index contributed by atoms with van der Waals surface area (Å²) in [6, 6.07) is 10.9. The molecule has 0 bridgehead atoms. The monoisotopic (exact) mass is 438 g/mol. The number of hydrogen-bond acceptors (Lipinski definition) is 3. The molecule has 5 rings (SSSR count). The molecule has 4 aromatic rings. The Kier molecular flexibility index (Phi) is 4.89. The largest absolute Gasteiger partial charge is 0.416 e. The van der Waals surface area contributed by atoms with E-state index in [1.54, 1.807) is 0 Å². The number of aryl methyl sites for hydroxylation is 1. The van der Waals surface area contributed by atoms with E-state index in [1.165, 1.54) is 28.6 Å². The van der Waals surface area contributed by atoms with Crippen molar-refractivity contribution < 1.29 is 13.2 Å². The standard InChI is InChI=1S/C24H21F3N4O/c1-14-3-2-4-18-16(11-28-21(14)18)12-31-10-9-20-19(13-31)23(32)30-22(29-20)15-5-7-17(8-6-15)24(25,26)27/h2-8,11,28H,9-10,12-13H2,1H3,(H,29,30,32). The first-order valence-electron chi connectivity index (χ1n) is 10.4. The summed E-state index contributed by atoms with van der Waals surface area (Å²) < 4.78 is 38.4. The number of nitrogens with zero attached hydrogens (tertiary/aromatic N) is 2. The minimum absolute atomic E-state index is 0.246. The molecule has 0 unspecified atom stereocenters. The average Bonchev–Trinajstić information content (AvgIpc) is 3.18. The summed E-state index contributed by atoms with van der Waals surface area (Å²) in [5, 5.41) is 1.18. The second kappa shape index (κ2) is 7.63. The van der Waals surface area contributed by atoms with E-state index < -0.39 is 11.7 Å². The summed E-state index contributed by atoms with van der Waals surface area (Å²) in [4.78, 5) is 25.6. The zero-order chi connectivity index (χ0) is 22.5. The number of aromatic amines is 2. The van der Waals surface area contributed by atoms with Crippen molar-refractivity contribution in [3.8, 4) is 11.4 Å². The third-order valence-electron chi connectivity index (χ3n) is 6.04. The van der Waals surface area contributed by atoms with Gasteiger partial charge in [-0.25, -0.2) is 4.98 Å². The number of aromatic nitrogens is 3. The van der Waals surface area contributed by atoms with Crippen molar-refractivity contribution in [3.63, 3.8) is 0 Å². The van der Waals surface area contributed by atoms with Gasteiger partial charge in [0.25, 0.3) is 5.56 Å². The summed E-state index contributed by atoms with van der Waals surface area (Å²) >= 11 is 0. The maximum atomic E-state index is 12.8. The van der Waals surface area contributed by atoms with Crippen molar-refractivity contribution in [1.82, 2.24) is 19.9 Å². The van der Waals surface area contributed by atoms with Crippen molar-refractivity contribution in [2.75, 3.05) is 6.54 Å². The highest BCUT2D eigenvalue weighted by Crippen LogP contribution is 2.30. The summed E-state index contributed by atoms with van der Waals surface area (Å²) in [5.74, 6) is 0.294. The van der Waals surface area contributed by atoms with Crippen LogP contribution in [0, 0.1) is 6.92 Å². The average molecular weight is 438 g/mol. The Balaban J connectivity index is 1.38. The van der Waals surface area contributed by atoms with Gasteiger partial charge in [0.2, 0.25) is 0 Å². The smallest absolute Gasteiger partial charge is 0.361 e. The number of rotatable bonds is 3. The van der Waals surface area contributed by atoms with E-state index in [4.69, 9.17) is 0 Å². The summed E-state index contributed by atoms with van der Waals surface area (Å²) in [5.41, 5.74) is 4.29. The lowest BCUT2D eigenvalue weighted by Gasteiger charge is -2.27. The predicted molar refractivity (Wildman–Crippen MR) is 116 cm³/mol. The highest BCUT2D eigenvalue weighted by molar-refractivity contribution is 5.85. The zero-order valence-corrected chi connectivity index (χ0v) is 17.4. The Morgan fingerprint density at radius 2 is 1.91 bits per heavy atom. The van der Waals surface area contributed by atoms with Crippen LogP contribution in [0.1, 0.15) is 27.9 Å². The Labute approximate surface area is 181 Å². The first kappa shape index (κ1) is 20.5. The van der Waals surface area contributed by atoms with Crippen LogP contribution in [0.5, 0.6) is 0 Å². The van der Waals surface area contributed by atoms with Gasteiger partial charge in [-0.1, -0.05) is 30.3 Å². The lowest BCUT2D eigenvalue weighted by Crippen LogP contribution is -2.35. The van der Waals surface area contributed by atoms with E-state index in [2.05, 4.69) is 38.9 Å². The summed E-state index contributed by atoms with van der Waals surface area (Å²) in [6.45, 7) is 4.00. The van der Waals surface area contributed by atoms with Crippen LogP contribution >= 0.6 is 0 Å². The third kappa shape index (κ3) is 3.71. The molecule has 0 saturated heterocycles. The van der Waals surface area contributed by atoms with E-state index in [9.17, 15) is 18.0 Å². The summed E-state index contributed by atoms with van der Waals surface area (Å²) in [7, 11) is 0. The quantitative estimate of drug-likeness (QED) is 0.483. The fourth-order valence-electron chi connectivity index (χ4n) is 4.31. The molecule has 2 aromatic carbocycles. The number of benzene rings is 2. The van der Waals surface area contributed by atoms with Crippen molar-refractivity contribution in [3.05, 3.63) is 87.0 Å². The molecular formula is C24H21F3N4O. The normalized spacial score (nSPS) is 14.6. The van der Waals surface area contributed by atoms with Gasteiger partial charge in [-0.05, 0) is 30.2 Å². The van der Waals surface area contributed by atoms with Crippen LogP contribution in [0.25, 0.3) is 22.3 Å². The van der Waals surface area contributed by atoms with Gasteiger partial charge >= 0.3 is 6.18 Å². The highest BCUT2D eigenvalue weighted by atomic mass is 19.4. The Bertz CT molecular complexity index is 1350. The minimum atomic E-state index is -4.40. The molecule has 164 valence electrons. The number of H-pyrrole nitrogens is 2. The van der Waals surface area contributed by atoms with Crippen LogP contribution in [0.2, 0.25) is 0 Å². The number of nitrogens with one attached hydrogen (secondary N) is 2. The van der Waals surface area contributed by atoms with Crippen molar-refractivity contribution in [2.45, 2.75) is 32.6 Å². The van der Waals surface area contributed by atoms with Gasteiger partial charge in [0.05, 0.1) is 16.8 Å². The molecule has 8 heteroatoms. The topological polar surface area (TPSA) is 64.8 Å². The third-order valence-corrected chi connectivity index (χ3v) is 6.04. The maximum absolute atomic E-state index is 12.8. The van der Waals surface area contributed by atoms with E-state index >= 15 is 0 Å². The molecule has 0 amide bonds. The van der Waals surface area contributed by atoms with Crippen molar-refractivity contribution in [1.29, 1.82) is 0 Å². The number of para-hydroxylation sites is 1. The minimum Gasteiger partial charge on any atom is -0.361 e. The maximum Gasteiger partial charge on any atom is 0.416 e. The van der Waals surface area contributed by atoms with E-state index in [-0.39, 0.29) is 5.56 Å². The Morgan fingerprint density at radius 1 is 1.12 bits per heavy atom. The summed E-state index contributed by atoms with van der Waals surface area (Å²) in [6.07, 6.45) is -1.78. The Morgan fingerprint density at radius 3 is 2.66 bits per heavy atom. The molecule has 5 nitrogen and oxygen atoms in total. The van der Waals surface area contributed by atoms with Crippen LogP contribution in [0.15, 0.2) is 53.5 Å². The SMILES string of the molecule is Cc1cccc2c(CN3CCc4nc(-c5ccc(C(F)(F)F)cc5)[nH]c(=O)c4C3)c[nH]c12. The second-order valence-corrected chi connectivity index (χ2v) is 8.19. The number of halogens is 3. The lowest BCUT2D eigenvalue weighted by molar-refractivity contribution is -0.137. The van der Waals surface area contributed by atoms with Gasteiger partial charge in [0, 0.05) is 48.7 Å². The molecule has 1 aliphatic rings. The fourth-order valence-corrected chi connectivity index (χ4v) is 4.31. The molecule has 3 heterocycles. The second-order valence-electron chi connectivity index (χ2n) is 8.19. The van der Waals surface area contributed by atoms with Gasteiger partial charge in [0.1, 0.15) is 5.82 Å². The van der Waals surface area contributed by atoms with E-state index in [0.717, 1.165) is 24.2 Å². The first-order chi connectivity index (χ1) is 15.3. The van der Waals surface area contributed by atoms with Crippen LogP contribution in [0.3, 0.4) is 0 Å². The highest BCUT2D eigenvalue weighted by Gasteiger charge is 2.30. The molecule has 0 radical (unpaired) electrons. The van der Waals surface area contributed by atoms with Gasteiger partial charge < -0.3 is 9.97 Å². The molecule has 0 atom stereocenters. The van der Waals surface area contributed by atoms with Gasteiger partial charge in [-0.2, -0.15) is 13.2 Å². The van der Waals surface area contributed by atoms with Crippen LogP contribution in [-0.4, -0.2) is 26.4 Å². The van der Waals surface area contributed by atoms with E-state index in [1.807, 2.05) is 12.3 Å². The predicted octanol–water partition coefficient (Wildman–Crippen LogP) is 4.80. The molecule has 0 saturated carbocycles. The van der Waals surface area contributed by atoms with Gasteiger partial charge in [-0.3, -0.25) is 9.69 Å².